The molecule has 1 aliphatic rings. The minimum Gasteiger partial charge on any atom is -0.315 e. The van der Waals surface area contributed by atoms with Crippen LogP contribution in [-0.2, 0) is 0 Å². The number of nitrogens with one attached hydrogen (secondary N) is 1. The summed E-state index contributed by atoms with van der Waals surface area (Å²) in [6, 6.07) is 6.55. The predicted molar refractivity (Wildman–Crippen MR) is 58.2 cm³/mol. The average Bonchev–Trinajstić information content (AvgIpc) is 3.02. The zero-order valence-corrected chi connectivity index (χ0v) is 8.79. The van der Waals surface area contributed by atoms with Crippen LogP contribution < -0.4 is 5.32 Å². The van der Waals surface area contributed by atoms with Crippen molar-refractivity contribution in [3.05, 3.63) is 29.4 Å². The van der Waals surface area contributed by atoms with Crippen LogP contribution in [0.2, 0.25) is 0 Å². The summed E-state index contributed by atoms with van der Waals surface area (Å²) in [5, 5.41) is 13.3. The fourth-order valence-electron chi connectivity index (χ4n) is 1.28. The first kappa shape index (κ1) is 8.79. The van der Waals surface area contributed by atoms with Crippen molar-refractivity contribution >= 4 is 22.3 Å². The first-order chi connectivity index (χ1) is 7.42. The molecule has 1 radical (unpaired) electrons. The van der Waals surface area contributed by atoms with E-state index in [0.717, 1.165) is 16.0 Å². The molecular formula is C10H9N4S. The van der Waals surface area contributed by atoms with Crippen LogP contribution in [0.4, 0.5) is 10.9 Å². The maximum Gasteiger partial charge on any atom is 0.211 e. The second kappa shape index (κ2) is 3.58. The molecule has 0 bridgehead atoms. The summed E-state index contributed by atoms with van der Waals surface area (Å²) in [6.45, 7) is 0. The van der Waals surface area contributed by atoms with Crippen molar-refractivity contribution in [2.75, 3.05) is 5.32 Å². The molecule has 1 saturated carbocycles. The van der Waals surface area contributed by atoms with Gasteiger partial charge in [0, 0.05) is 18.2 Å². The monoisotopic (exact) mass is 217 g/mol. The van der Waals surface area contributed by atoms with Gasteiger partial charge in [0.15, 0.2) is 0 Å². The van der Waals surface area contributed by atoms with Gasteiger partial charge in [-0.3, -0.25) is 0 Å². The highest BCUT2D eigenvalue weighted by atomic mass is 32.1. The van der Waals surface area contributed by atoms with Gasteiger partial charge in [0.1, 0.15) is 10.8 Å². The zero-order chi connectivity index (χ0) is 10.1. The van der Waals surface area contributed by atoms with E-state index >= 15 is 0 Å². The number of hydrogen-bond donors (Lipinski definition) is 1. The molecule has 0 unspecified atom stereocenters. The molecule has 0 spiro atoms. The number of nitrogens with zero attached hydrogens (tertiary/aromatic N) is 3. The molecule has 75 valence electrons. The number of aromatic nitrogens is 3. The molecule has 1 N–H and O–H groups in total. The lowest BCUT2D eigenvalue weighted by Crippen LogP contribution is -1.91. The molecule has 0 aromatic carbocycles. The van der Waals surface area contributed by atoms with Crippen LogP contribution >= 0.6 is 11.3 Å². The Labute approximate surface area is 91.4 Å². The summed E-state index contributed by atoms with van der Waals surface area (Å²) in [4.78, 5) is 4.12. The second-order valence-corrected chi connectivity index (χ2v) is 4.50. The lowest BCUT2D eigenvalue weighted by atomic mass is 10.5. The summed E-state index contributed by atoms with van der Waals surface area (Å²) in [7, 11) is 0. The SMILES string of the molecule is [c]1ccc(Nc2nnc(C3CC3)s2)nc1. The summed E-state index contributed by atoms with van der Waals surface area (Å²) in [6.07, 6.45) is 4.14. The highest BCUT2D eigenvalue weighted by Gasteiger charge is 2.27. The van der Waals surface area contributed by atoms with Gasteiger partial charge in [0.05, 0.1) is 0 Å². The Morgan fingerprint density at radius 3 is 3.07 bits per heavy atom. The second-order valence-electron chi connectivity index (χ2n) is 3.49. The fourth-order valence-corrected chi connectivity index (χ4v) is 2.20. The third kappa shape index (κ3) is 1.97. The topological polar surface area (TPSA) is 50.7 Å². The normalized spacial score (nSPS) is 15.2. The highest BCUT2D eigenvalue weighted by Crippen LogP contribution is 2.42. The van der Waals surface area contributed by atoms with Gasteiger partial charge in [-0.25, -0.2) is 4.98 Å². The molecule has 2 heterocycles. The molecule has 1 aliphatic carbocycles. The first-order valence-corrected chi connectivity index (χ1v) is 5.66. The average molecular weight is 217 g/mol. The minimum atomic E-state index is 0.662. The fraction of sp³-hybridized carbons (Fsp3) is 0.300. The molecule has 15 heavy (non-hydrogen) atoms. The number of rotatable bonds is 3. The quantitative estimate of drug-likeness (QED) is 0.857. The Kier molecular flexibility index (Phi) is 2.10. The Hall–Kier alpha value is -1.49. The summed E-state index contributed by atoms with van der Waals surface area (Å²) in [5.74, 6) is 1.45. The molecule has 0 saturated heterocycles. The van der Waals surface area contributed by atoms with Crippen LogP contribution in [0, 0.1) is 6.07 Å². The summed E-state index contributed by atoms with van der Waals surface area (Å²) in [5.41, 5.74) is 0. The van der Waals surface area contributed by atoms with E-state index in [9.17, 15) is 0 Å². The maximum absolute atomic E-state index is 4.14. The van der Waals surface area contributed by atoms with Gasteiger partial charge < -0.3 is 5.32 Å². The van der Waals surface area contributed by atoms with Crippen molar-refractivity contribution < 1.29 is 0 Å². The lowest BCUT2D eigenvalue weighted by molar-refractivity contribution is 0.977. The van der Waals surface area contributed by atoms with Crippen molar-refractivity contribution in [3.8, 4) is 0 Å². The van der Waals surface area contributed by atoms with Crippen LogP contribution in [0.1, 0.15) is 23.8 Å². The first-order valence-electron chi connectivity index (χ1n) is 4.84. The van der Waals surface area contributed by atoms with Gasteiger partial charge in [-0.05, 0) is 25.0 Å². The van der Waals surface area contributed by atoms with Crippen LogP contribution in [-0.4, -0.2) is 15.2 Å². The molecule has 0 amide bonds. The van der Waals surface area contributed by atoms with E-state index in [1.165, 1.54) is 12.8 Å². The molecule has 0 aliphatic heterocycles. The molecule has 1 fully saturated rings. The summed E-state index contributed by atoms with van der Waals surface area (Å²) >= 11 is 1.61. The Balaban J connectivity index is 1.76. The van der Waals surface area contributed by atoms with Gasteiger partial charge >= 0.3 is 0 Å². The summed E-state index contributed by atoms with van der Waals surface area (Å²) < 4.78 is 0. The molecule has 4 nitrogen and oxygen atoms in total. The lowest BCUT2D eigenvalue weighted by Gasteiger charge is -1.97. The Bertz CT molecular complexity index is 449. The van der Waals surface area contributed by atoms with Crippen LogP contribution in [0.25, 0.3) is 0 Å². The van der Waals surface area contributed by atoms with E-state index < -0.39 is 0 Å². The van der Waals surface area contributed by atoms with E-state index in [4.69, 9.17) is 0 Å². The standard InChI is InChI=1S/C10H9N4S/c1-2-6-11-8(3-1)12-10-14-13-9(15-10)7-4-5-7/h1,3,6-7H,4-5H2,(H,11,12,14). The van der Waals surface area contributed by atoms with Crippen molar-refractivity contribution in [1.82, 2.24) is 15.2 Å². The highest BCUT2D eigenvalue weighted by molar-refractivity contribution is 7.15. The molecular weight excluding hydrogens is 208 g/mol. The molecule has 5 heteroatoms. The predicted octanol–water partition coefficient (Wildman–Crippen LogP) is 2.35. The van der Waals surface area contributed by atoms with Crippen LogP contribution in [0.15, 0.2) is 18.3 Å². The van der Waals surface area contributed by atoms with Crippen molar-refractivity contribution in [3.63, 3.8) is 0 Å². The molecule has 2 aromatic heterocycles. The minimum absolute atomic E-state index is 0.662. The van der Waals surface area contributed by atoms with E-state index in [2.05, 4.69) is 26.6 Å². The van der Waals surface area contributed by atoms with E-state index in [-0.39, 0.29) is 0 Å². The van der Waals surface area contributed by atoms with Gasteiger partial charge in [-0.2, -0.15) is 0 Å². The Morgan fingerprint density at radius 1 is 1.40 bits per heavy atom. The Morgan fingerprint density at radius 2 is 2.33 bits per heavy atom. The molecule has 0 atom stereocenters. The number of anilines is 2. The van der Waals surface area contributed by atoms with Gasteiger partial charge in [0.2, 0.25) is 5.13 Å². The number of hydrogen-bond acceptors (Lipinski definition) is 5. The van der Waals surface area contributed by atoms with Crippen molar-refractivity contribution in [2.24, 2.45) is 0 Å². The third-order valence-corrected chi connectivity index (χ3v) is 3.22. The van der Waals surface area contributed by atoms with Gasteiger partial charge in [-0.15, -0.1) is 10.2 Å². The van der Waals surface area contributed by atoms with Gasteiger partial charge in [0.25, 0.3) is 0 Å². The van der Waals surface area contributed by atoms with Gasteiger partial charge in [-0.1, -0.05) is 11.3 Å². The molecule has 3 rings (SSSR count). The van der Waals surface area contributed by atoms with Crippen molar-refractivity contribution in [2.45, 2.75) is 18.8 Å². The smallest absolute Gasteiger partial charge is 0.211 e. The van der Waals surface area contributed by atoms with Crippen molar-refractivity contribution in [1.29, 1.82) is 0 Å². The third-order valence-electron chi connectivity index (χ3n) is 2.22. The van der Waals surface area contributed by atoms with Crippen LogP contribution in [0.3, 0.4) is 0 Å². The number of pyridine rings is 1. The van der Waals surface area contributed by atoms with E-state index in [0.29, 0.717) is 5.92 Å². The zero-order valence-electron chi connectivity index (χ0n) is 7.97. The van der Waals surface area contributed by atoms with Crippen LogP contribution in [0.5, 0.6) is 0 Å². The van der Waals surface area contributed by atoms with E-state index in [1.54, 1.807) is 17.5 Å². The largest absolute Gasteiger partial charge is 0.315 e. The van der Waals surface area contributed by atoms with E-state index in [1.807, 2.05) is 12.1 Å². The maximum atomic E-state index is 4.14. The molecule has 2 aromatic rings.